The molecule has 7 nitrogen and oxygen atoms in total. The molecule has 0 aliphatic carbocycles. The van der Waals surface area contributed by atoms with Crippen molar-refractivity contribution in [2.45, 2.75) is 19.2 Å². The minimum atomic E-state index is -4.51. The third-order valence-electron chi connectivity index (χ3n) is 4.91. The Balaban J connectivity index is 1.45. The van der Waals surface area contributed by atoms with E-state index in [9.17, 15) is 22.8 Å². The zero-order chi connectivity index (χ0) is 23.1. The molecule has 10 heteroatoms. The zero-order valence-corrected chi connectivity index (χ0v) is 17.4. The highest BCUT2D eigenvalue weighted by Gasteiger charge is 2.30. The summed E-state index contributed by atoms with van der Waals surface area (Å²) < 4.78 is 38.2. The van der Waals surface area contributed by atoms with Gasteiger partial charge in [0.1, 0.15) is 6.21 Å². The van der Waals surface area contributed by atoms with Crippen molar-refractivity contribution in [3.05, 3.63) is 60.2 Å². The highest BCUT2D eigenvalue weighted by molar-refractivity contribution is 6.31. The fourth-order valence-corrected chi connectivity index (χ4v) is 3.24. The molecule has 1 aliphatic heterocycles. The summed E-state index contributed by atoms with van der Waals surface area (Å²) >= 11 is 0. The number of anilines is 2. The van der Waals surface area contributed by atoms with E-state index < -0.39 is 23.8 Å². The lowest BCUT2D eigenvalue weighted by Gasteiger charge is -2.36. The molecule has 32 heavy (non-hydrogen) atoms. The van der Waals surface area contributed by atoms with Crippen molar-refractivity contribution >= 4 is 29.4 Å². The minimum Gasteiger partial charge on any atom is -0.383 e. The molecule has 170 valence electrons. The molecule has 1 fully saturated rings. The normalized spacial score (nSPS) is 15.5. The first-order valence-electron chi connectivity index (χ1n) is 10.0. The van der Waals surface area contributed by atoms with Gasteiger partial charge < -0.3 is 20.0 Å². The van der Waals surface area contributed by atoms with Crippen LogP contribution in [-0.4, -0.2) is 55.2 Å². The molecule has 3 rings (SSSR count). The van der Waals surface area contributed by atoms with Gasteiger partial charge in [-0.25, -0.2) is 0 Å². The van der Waals surface area contributed by atoms with E-state index in [4.69, 9.17) is 4.84 Å². The van der Waals surface area contributed by atoms with E-state index in [2.05, 4.69) is 15.4 Å². The second kappa shape index (κ2) is 10.2. The Morgan fingerprint density at radius 3 is 2.41 bits per heavy atom. The van der Waals surface area contributed by atoms with Gasteiger partial charge >= 0.3 is 6.18 Å². The number of hydrogen-bond donors (Lipinski definition) is 1. The summed E-state index contributed by atoms with van der Waals surface area (Å²) in [6, 6.07) is 14.1. The van der Waals surface area contributed by atoms with Gasteiger partial charge in [-0.2, -0.15) is 13.2 Å². The third kappa shape index (κ3) is 6.22. The summed E-state index contributed by atoms with van der Waals surface area (Å²) in [5, 5.41) is 5.77. The van der Waals surface area contributed by atoms with E-state index in [0.717, 1.165) is 24.0 Å². The number of nitrogens with one attached hydrogen (secondary N) is 1. The molecule has 0 radical (unpaired) electrons. The van der Waals surface area contributed by atoms with Crippen LogP contribution in [0.1, 0.15) is 12.5 Å². The van der Waals surface area contributed by atoms with E-state index in [1.165, 1.54) is 19.1 Å². The Hall–Kier alpha value is -3.56. The van der Waals surface area contributed by atoms with Crippen LogP contribution in [0.2, 0.25) is 0 Å². The molecule has 2 amide bonds. The molecule has 1 aliphatic rings. The molecule has 1 heterocycles. The van der Waals surface area contributed by atoms with Crippen LogP contribution in [0.15, 0.2) is 59.8 Å². The number of amides is 2. The monoisotopic (exact) mass is 448 g/mol. The van der Waals surface area contributed by atoms with Crippen LogP contribution in [0, 0.1) is 0 Å². The lowest BCUT2D eigenvalue weighted by atomic mass is 10.2. The lowest BCUT2D eigenvalue weighted by Crippen LogP contribution is -2.51. The van der Waals surface area contributed by atoms with Crippen molar-refractivity contribution in [1.82, 2.24) is 4.90 Å². The molecule has 1 N–H and O–H groups in total. The summed E-state index contributed by atoms with van der Waals surface area (Å²) in [6.07, 6.45) is -4.64. The summed E-state index contributed by atoms with van der Waals surface area (Å²) in [5.41, 5.74) is 0.187. The van der Waals surface area contributed by atoms with Gasteiger partial charge in [0, 0.05) is 37.6 Å². The van der Waals surface area contributed by atoms with Gasteiger partial charge in [-0.05, 0) is 37.3 Å². The zero-order valence-electron chi connectivity index (χ0n) is 17.4. The molecule has 1 unspecified atom stereocenters. The fourth-order valence-electron chi connectivity index (χ4n) is 3.24. The van der Waals surface area contributed by atoms with Crippen LogP contribution in [0.25, 0.3) is 0 Å². The van der Waals surface area contributed by atoms with Crippen molar-refractivity contribution < 1.29 is 27.6 Å². The number of carbonyl (C=O) groups is 2. The van der Waals surface area contributed by atoms with Crippen LogP contribution in [0.4, 0.5) is 24.5 Å². The van der Waals surface area contributed by atoms with E-state index >= 15 is 0 Å². The second-order valence-electron chi connectivity index (χ2n) is 7.20. The van der Waals surface area contributed by atoms with Crippen molar-refractivity contribution in [2.24, 2.45) is 5.16 Å². The summed E-state index contributed by atoms with van der Waals surface area (Å²) in [5.74, 6) is -1.03. The first kappa shape index (κ1) is 23.1. The number of hydrogen-bond acceptors (Lipinski definition) is 5. The molecule has 0 bridgehead atoms. The summed E-state index contributed by atoms with van der Waals surface area (Å²) in [7, 11) is 0. The maximum atomic E-state index is 12.7. The van der Waals surface area contributed by atoms with Crippen molar-refractivity contribution in [2.75, 3.05) is 36.4 Å². The van der Waals surface area contributed by atoms with E-state index in [-0.39, 0.29) is 11.6 Å². The van der Waals surface area contributed by atoms with Crippen LogP contribution >= 0.6 is 0 Å². The Labute approximate surface area is 183 Å². The van der Waals surface area contributed by atoms with Crippen molar-refractivity contribution in [1.29, 1.82) is 0 Å². The third-order valence-corrected chi connectivity index (χ3v) is 4.91. The van der Waals surface area contributed by atoms with E-state index in [1.54, 1.807) is 4.90 Å². The number of oxime groups is 1. The molecule has 1 atom stereocenters. The molecule has 2 aromatic rings. The topological polar surface area (TPSA) is 74.2 Å². The first-order chi connectivity index (χ1) is 15.2. The number of alkyl halides is 3. The fraction of sp³-hybridized carbons (Fsp3) is 0.318. The quantitative estimate of drug-likeness (QED) is 0.543. The standard InChI is InChI=1S/C22H23F3N4O3/c1-16(21(31)29-12-10-28(11-13-29)19-8-3-2-4-9-19)32-26-15-20(30)27-18-7-5-6-17(14-18)22(23,24)25/h2-9,14-16H,10-13H2,1H3,(H,27,30)/b26-15+. The van der Waals surface area contributed by atoms with E-state index in [1.807, 2.05) is 30.3 Å². The maximum absolute atomic E-state index is 12.7. The number of para-hydroxylation sites is 1. The Morgan fingerprint density at radius 1 is 1.06 bits per heavy atom. The van der Waals surface area contributed by atoms with Gasteiger partial charge in [-0.1, -0.05) is 29.4 Å². The maximum Gasteiger partial charge on any atom is 0.416 e. The Kier molecular flexibility index (Phi) is 7.34. The molecule has 2 aromatic carbocycles. The van der Waals surface area contributed by atoms with Gasteiger partial charge in [0.15, 0.2) is 0 Å². The number of piperazine rings is 1. The summed E-state index contributed by atoms with van der Waals surface area (Å²) in [6.45, 7) is 3.95. The number of halogens is 3. The average Bonchev–Trinajstić information content (AvgIpc) is 2.79. The molecule has 1 saturated heterocycles. The highest BCUT2D eigenvalue weighted by Crippen LogP contribution is 2.30. The largest absolute Gasteiger partial charge is 0.416 e. The summed E-state index contributed by atoms with van der Waals surface area (Å²) in [4.78, 5) is 33.3. The smallest absolute Gasteiger partial charge is 0.383 e. The van der Waals surface area contributed by atoms with Gasteiger partial charge in [0.25, 0.3) is 11.8 Å². The molecule has 0 saturated carbocycles. The predicted molar refractivity (Wildman–Crippen MR) is 114 cm³/mol. The Morgan fingerprint density at radius 2 is 1.75 bits per heavy atom. The van der Waals surface area contributed by atoms with Crippen LogP contribution in [0.5, 0.6) is 0 Å². The highest BCUT2D eigenvalue weighted by atomic mass is 19.4. The van der Waals surface area contributed by atoms with Crippen LogP contribution in [-0.2, 0) is 20.6 Å². The first-order valence-corrected chi connectivity index (χ1v) is 10.0. The van der Waals surface area contributed by atoms with Crippen molar-refractivity contribution in [3.63, 3.8) is 0 Å². The van der Waals surface area contributed by atoms with Gasteiger partial charge in [-0.15, -0.1) is 0 Å². The van der Waals surface area contributed by atoms with Crippen LogP contribution in [0.3, 0.4) is 0 Å². The molecule has 0 aromatic heterocycles. The Bertz CT molecular complexity index is 958. The van der Waals surface area contributed by atoms with Gasteiger partial charge in [-0.3, -0.25) is 9.59 Å². The van der Waals surface area contributed by atoms with Crippen LogP contribution < -0.4 is 10.2 Å². The number of carbonyl (C=O) groups excluding carboxylic acids is 2. The SMILES string of the molecule is CC(O/N=C/C(=O)Nc1cccc(C(F)(F)F)c1)C(=O)N1CCN(c2ccccc2)CC1. The minimum absolute atomic E-state index is 0.0308. The average molecular weight is 448 g/mol. The lowest BCUT2D eigenvalue weighted by molar-refractivity contribution is -0.143. The molecule has 0 spiro atoms. The molecular weight excluding hydrogens is 425 g/mol. The number of benzene rings is 2. The molecular formula is C22H23F3N4O3. The van der Waals surface area contributed by atoms with E-state index in [0.29, 0.717) is 26.2 Å². The second-order valence-corrected chi connectivity index (χ2v) is 7.20. The number of rotatable bonds is 6. The van der Waals surface area contributed by atoms with Gasteiger partial charge in [0.05, 0.1) is 5.56 Å². The number of nitrogens with zero attached hydrogens (tertiary/aromatic N) is 3. The van der Waals surface area contributed by atoms with Gasteiger partial charge in [0.2, 0.25) is 6.10 Å². The predicted octanol–water partition coefficient (Wildman–Crippen LogP) is 3.38. The van der Waals surface area contributed by atoms with Crippen molar-refractivity contribution in [3.8, 4) is 0 Å².